The second-order valence-corrected chi connectivity index (χ2v) is 4.57. The summed E-state index contributed by atoms with van der Waals surface area (Å²) >= 11 is 11.7. The number of carbonyl (C=O) groups excluding carboxylic acids is 1. The smallest absolute Gasteiger partial charge is 0.306 e. The minimum atomic E-state index is -0.608. The first-order valence-corrected chi connectivity index (χ1v) is 5.82. The molecule has 0 N–H and O–H groups in total. The summed E-state index contributed by atoms with van der Waals surface area (Å²) in [5, 5.41) is 11.4. The van der Waals surface area contributed by atoms with E-state index in [1.54, 1.807) is 12.1 Å². The zero-order chi connectivity index (χ0) is 13.7. The van der Waals surface area contributed by atoms with Gasteiger partial charge in [0, 0.05) is 15.0 Å². The van der Waals surface area contributed by atoms with Gasteiger partial charge >= 0.3 is 5.97 Å². The average molecular weight is 292 g/mol. The zero-order valence-corrected chi connectivity index (χ0v) is 11.1. The number of methoxy groups -OCH3 is 1. The van der Waals surface area contributed by atoms with E-state index in [2.05, 4.69) is 4.74 Å². The van der Waals surface area contributed by atoms with Crippen LogP contribution in [0.2, 0.25) is 10.0 Å². The fourth-order valence-electron chi connectivity index (χ4n) is 1.56. The predicted molar refractivity (Wildman–Crippen MR) is 67.7 cm³/mol. The number of nitro groups is 1. The van der Waals surface area contributed by atoms with Crippen molar-refractivity contribution >= 4 is 29.2 Å². The van der Waals surface area contributed by atoms with Gasteiger partial charge in [0.05, 0.1) is 19.4 Å². The SMILES string of the molecule is COC(=O)CC(C[N+](=O)[O-])c1cc(Cl)cc(Cl)c1. The lowest BCUT2D eigenvalue weighted by molar-refractivity contribution is -0.483. The van der Waals surface area contributed by atoms with Crippen molar-refractivity contribution in [1.82, 2.24) is 0 Å². The Morgan fingerprint density at radius 2 is 1.94 bits per heavy atom. The van der Waals surface area contributed by atoms with Gasteiger partial charge in [-0.1, -0.05) is 23.2 Å². The first-order valence-electron chi connectivity index (χ1n) is 5.07. The van der Waals surface area contributed by atoms with Crippen molar-refractivity contribution in [2.75, 3.05) is 13.7 Å². The Kier molecular flexibility index (Phi) is 5.37. The van der Waals surface area contributed by atoms with E-state index in [1.807, 2.05) is 0 Å². The Bertz CT molecular complexity index is 444. The van der Waals surface area contributed by atoms with Gasteiger partial charge in [-0.15, -0.1) is 0 Å². The quantitative estimate of drug-likeness (QED) is 0.475. The topological polar surface area (TPSA) is 69.4 Å². The van der Waals surface area contributed by atoms with Gasteiger partial charge in [-0.3, -0.25) is 14.9 Å². The minimum Gasteiger partial charge on any atom is -0.469 e. The molecule has 7 heteroatoms. The molecule has 0 aliphatic heterocycles. The third-order valence-electron chi connectivity index (χ3n) is 2.37. The highest BCUT2D eigenvalue weighted by Gasteiger charge is 2.22. The van der Waals surface area contributed by atoms with Crippen LogP contribution in [0.3, 0.4) is 0 Å². The fraction of sp³-hybridized carbons (Fsp3) is 0.364. The average Bonchev–Trinajstić information content (AvgIpc) is 2.26. The summed E-state index contributed by atoms with van der Waals surface area (Å²) in [6.45, 7) is -0.383. The predicted octanol–water partition coefficient (Wildman–Crippen LogP) is 2.92. The minimum absolute atomic E-state index is 0.0891. The van der Waals surface area contributed by atoms with E-state index in [9.17, 15) is 14.9 Å². The van der Waals surface area contributed by atoms with Crippen LogP contribution in [0.1, 0.15) is 17.9 Å². The largest absolute Gasteiger partial charge is 0.469 e. The van der Waals surface area contributed by atoms with Crippen LogP contribution in [0.5, 0.6) is 0 Å². The molecule has 0 fully saturated rings. The van der Waals surface area contributed by atoms with Crippen LogP contribution in [-0.4, -0.2) is 24.5 Å². The van der Waals surface area contributed by atoms with Crippen LogP contribution in [0.4, 0.5) is 0 Å². The molecule has 1 atom stereocenters. The standard InChI is InChI=1S/C11H11Cl2NO4/c1-18-11(15)4-8(6-14(16)17)7-2-9(12)5-10(13)3-7/h2-3,5,8H,4,6H2,1H3. The Morgan fingerprint density at radius 3 is 2.39 bits per heavy atom. The number of halogens is 2. The van der Waals surface area contributed by atoms with Crippen LogP contribution < -0.4 is 0 Å². The summed E-state index contributed by atoms with van der Waals surface area (Å²) < 4.78 is 4.52. The third-order valence-corrected chi connectivity index (χ3v) is 2.80. The Hall–Kier alpha value is -1.33. The Morgan fingerprint density at radius 1 is 1.39 bits per heavy atom. The maximum Gasteiger partial charge on any atom is 0.306 e. The van der Waals surface area contributed by atoms with E-state index < -0.39 is 16.8 Å². The molecule has 1 aromatic rings. The highest BCUT2D eigenvalue weighted by molar-refractivity contribution is 6.34. The van der Waals surface area contributed by atoms with Gasteiger partial charge in [0.2, 0.25) is 6.54 Å². The van der Waals surface area contributed by atoms with E-state index in [-0.39, 0.29) is 13.0 Å². The number of ether oxygens (including phenoxy) is 1. The van der Waals surface area contributed by atoms with Crippen molar-refractivity contribution in [3.05, 3.63) is 43.9 Å². The van der Waals surface area contributed by atoms with Gasteiger partial charge < -0.3 is 4.74 Å². The van der Waals surface area contributed by atoms with Crippen molar-refractivity contribution in [3.63, 3.8) is 0 Å². The molecule has 1 aromatic carbocycles. The Labute approximate surface area is 114 Å². The maximum absolute atomic E-state index is 11.2. The molecule has 0 saturated heterocycles. The number of nitrogens with zero attached hydrogens (tertiary/aromatic N) is 1. The number of hydrogen-bond acceptors (Lipinski definition) is 4. The number of benzene rings is 1. The van der Waals surface area contributed by atoms with Crippen LogP contribution in [0.25, 0.3) is 0 Å². The fourth-order valence-corrected chi connectivity index (χ4v) is 2.11. The molecule has 0 saturated carbocycles. The van der Waals surface area contributed by atoms with Gasteiger partial charge in [-0.2, -0.15) is 0 Å². The summed E-state index contributed by atoms with van der Waals surface area (Å²) in [5.41, 5.74) is 0.551. The molecule has 0 heterocycles. The van der Waals surface area contributed by atoms with Crippen molar-refractivity contribution in [2.24, 2.45) is 0 Å². The molecular formula is C11H11Cl2NO4. The lowest BCUT2D eigenvalue weighted by atomic mass is 9.96. The summed E-state index contributed by atoms with van der Waals surface area (Å²) in [4.78, 5) is 21.4. The van der Waals surface area contributed by atoms with Crippen molar-refractivity contribution in [1.29, 1.82) is 0 Å². The van der Waals surface area contributed by atoms with Crippen LogP contribution in [0.15, 0.2) is 18.2 Å². The van der Waals surface area contributed by atoms with Gasteiger partial charge in [-0.05, 0) is 23.8 Å². The molecule has 0 radical (unpaired) electrons. The van der Waals surface area contributed by atoms with Crippen LogP contribution in [0, 0.1) is 10.1 Å². The molecule has 18 heavy (non-hydrogen) atoms. The van der Waals surface area contributed by atoms with E-state index in [4.69, 9.17) is 23.2 Å². The summed E-state index contributed by atoms with van der Waals surface area (Å²) in [5.74, 6) is -1.12. The van der Waals surface area contributed by atoms with E-state index in [0.29, 0.717) is 15.6 Å². The first-order chi connectivity index (χ1) is 8.42. The Balaban J connectivity index is 3.00. The molecule has 0 spiro atoms. The molecule has 5 nitrogen and oxygen atoms in total. The number of hydrogen-bond donors (Lipinski definition) is 0. The van der Waals surface area contributed by atoms with E-state index >= 15 is 0 Å². The van der Waals surface area contributed by atoms with Crippen molar-refractivity contribution in [2.45, 2.75) is 12.3 Å². The summed E-state index contributed by atoms with van der Waals surface area (Å²) in [7, 11) is 1.23. The lowest BCUT2D eigenvalue weighted by Crippen LogP contribution is -2.17. The zero-order valence-electron chi connectivity index (χ0n) is 9.56. The second-order valence-electron chi connectivity index (χ2n) is 3.70. The van der Waals surface area contributed by atoms with E-state index in [0.717, 1.165) is 0 Å². The molecule has 0 aliphatic rings. The van der Waals surface area contributed by atoms with Crippen molar-refractivity contribution in [3.8, 4) is 0 Å². The van der Waals surface area contributed by atoms with Gasteiger partial charge in [0.1, 0.15) is 0 Å². The third kappa shape index (κ3) is 4.50. The van der Waals surface area contributed by atoms with Gasteiger partial charge in [0.15, 0.2) is 0 Å². The van der Waals surface area contributed by atoms with Crippen LogP contribution in [-0.2, 0) is 9.53 Å². The lowest BCUT2D eigenvalue weighted by Gasteiger charge is -2.12. The normalized spacial score (nSPS) is 11.9. The van der Waals surface area contributed by atoms with Gasteiger partial charge in [0.25, 0.3) is 0 Å². The highest BCUT2D eigenvalue weighted by Crippen LogP contribution is 2.27. The number of rotatable bonds is 5. The van der Waals surface area contributed by atoms with Crippen LogP contribution >= 0.6 is 23.2 Å². The van der Waals surface area contributed by atoms with Gasteiger partial charge in [-0.25, -0.2) is 0 Å². The monoisotopic (exact) mass is 291 g/mol. The first kappa shape index (κ1) is 14.7. The molecule has 0 amide bonds. The molecular weight excluding hydrogens is 281 g/mol. The summed E-state index contributed by atoms with van der Waals surface area (Å²) in [6, 6.07) is 4.64. The summed E-state index contributed by atoms with van der Waals surface area (Å²) in [6.07, 6.45) is -0.0891. The molecule has 0 bridgehead atoms. The number of esters is 1. The maximum atomic E-state index is 11.2. The van der Waals surface area contributed by atoms with Crippen molar-refractivity contribution < 1.29 is 14.5 Å². The number of carbonyl (C=O) groups is 1. The highest BCUT2D eigenvalue weighted by atomic mass is 35.5. The molecule has 0 aromatic heterocycles. The van der Waals surface area contributed by atoms with E-state index in [1.165, 1.54) is 13.2 Å². The second kappa shape index (κ2) is 6.56. The molecule has 0 aliphatic carbocycles. The molecule has 98 valence electrons. The molecule has 1 rings (SSSR count). The molecule has 1 unspecified atom stereocenters.